The maximum atomic E-state index is 12.3. The van der Waals surface area contributed by atoms with Crippen molar-refractivity contribution >= 4 is 21.6 Å². The van der Waals surface area contributed by atoms with Gasteiger partial charge in [-0.15, -0.1) is 11.6 Å². The number of alkyl halides is 1. The number of rotatable bonds is 2. The summed E-state index contributed by atoms with van der Waals surface area (Å²) in [5, 5.41) is -0.0755. The summed E-state index contributed by atoms with van der Waals surface area (Å²) in [7, 11) is -3.37. The first-order valence-corrected chi connectivity index (χ1v) is 7.10. The van der Waals surface area contributed by atoms with Gasteiger partial charge in [-0.3, -0.25) is 0 Å². The summed E-state index contributed by atoms with van der Waals surface area (Å²) in [6.07, 6.45) is 0.716. The van der Waals surface area contributed by atoms with E-state index in [0.29, 0.717) is 17.9 Å². The molecule has 1 aliphatic rings. The quantitative estimate of drug-likeness (QED) is 0.763. The molecule has 0 radical (unpaired) electrons. The molecule has 0 aliphatic carbocycles. The van der Waals surface area contributed by atoms with Crippen molar-refractivity contribution in [3.63, 3.8) is 0 Å². The van der Waals surface area contributed by atoms with E-state index in [1.165, 1.54) is 4.31 Å². The standard InChI is InChI=1S/C11H14ClNO2S/c1-9-7-10(12)8-13(9)16(14,15)11-5-3-2-4-6-11/h2-6,9-10H,7-8H2,1H3. The number of sulfonamides is 1. The van der Waals surface area contributed by atoms with E-state index < -0.39 is 10.0 Å². The van der Waals surface area contributed by atoms with Crippen LogP contribution in [-0.4, -0.2) is 30.7 Å². The third-order valence-corrected chi connectivity index (χ3v) is 5.13. The maximum Gasteiger partial charge on any atom is 0.243 e. The topological polar surface area (TPSA) is 37.4 Å². The fourth-order valence-corrected chi connectivity index (χ4v) is 4.20. The summed E-state index contributed by atoms with van der Waals surface area (Å²) in [5.41, 5.74) is 0. The Morgan fingerprint density at radius 2 is 1.94 bits per heavy atom. The maximum absolute atomic E-state index is 12.3. The second-order valence-electron chi connectivity index (χ2n) is 4.07. The van der Waals surface area contributed by atoms with Crippen molar-refractivity contribution in [3.05, 3.63) is 30.3 Å². The molecule has 0 spiro atoms. The predicted molar refractivity (Wildman–Crippen MR) is 64.1 cm³/mol. The molecular formula is C11H14ClNO2S. The van der Waals surface area contributed by atoms with Gasteiger partial charge in [0.25, 0.3) is 0 Å². The van der Waals surface area contributed by atoms with Crippen LogP contribution >= 0.6 is 11.6 Å². The molecule has 88 valence electrons. The molecule has 1 aromatic rings. The SMILES string of the molecule is CC1CC(Cl)CN1S(=O)(=O)c1ccccc1. The van der Waals surface area contributed by atoms with Crippen LogP contribution in [0.1, 0.15) is 13.3 Å². The van der Waals surface area contributed by atoms with Crippen molar-refractivity contribution < 1.29 is 8.42 Å². The van der Waals surface area contributed by atoms with Crippen LogP contribution in [0.2, 0.25) is 0 Å². The monoisotopic (exact) mass is 259 g/mol. The molecule has 0 N–H and O–H groups in total. The molecule has 1 fully saturated rings. The third kappa shape index (κ3) is 2.10. The van der Waals surface area contributed by atoms with Gasteiger partial charge in [0.1, 0.15) is 0 Å². The predicted octanol–water partition coefficient (Wildman–Crippen LogP) is 2.08. The minimum atomic E-state index is -3.37. The fraction of sp³-hybridized carbons (Fsp3) is 0.455. The van der Waals surface area contributed by atoms with Crippen LogP contribution < -0.4 is 0 Å². The van der Waals surface area contributed by atoms with E-state index in [2.05, 4.69) is 0 Å². The van der Waals surface area contributed by atoms with Gasteiger partial charge in [-0.25, -0.2) is 8.42 Å². The van der Waals surface area contributed by atoms with Crippen LogP contribution in [0.4, 0.5) is 0 Å². The van der Waals surface area contributed by atoms with E-state index in [1.807, 2.05) is 6.92 Å². The highest BCUT2D eigenvalue weighted by Crippen LogP contribution is 2.28. The molecule has 0 amide bonds. The Kier molecular flexibility index (Phi) is 3.24. The highest BCUT2D eigenvalue weighted by atomic mass is 35.5. The second-order valence-corrected chi connectivity index (χ2v) is 6.58. The van der Waals surface area contributed by atoms with Gasteiger partial charge in [0, 0.05) is 18.0 Å². The minimum Gasteiger partial charge on any atom is -0.207 e. The normalized spacial score (nSPS) is 27.1. The van der Waals surface area contributed by atoms with E-state index in [1.54, 1.807) is 30.3 Å². The van der Waals surface area contributed by atoms with Crippen molar-refractivity contribution in [1.82, 2.24) is 4.31 Å². The largest absolute Gasteiger partial charge is 0.243 e. The molecule has 0 saturated carbocycles. The zero-order chi connectivity index (χ0) is 11.8. The van der Waals surface area contributed by atoms with Gasteiger partial charge in [-0.1, -0.05) is 18.2 Å². The Morgan fingerprint density at radius 1 is 1.31 bits per heavy atom. The molecular weight excluding hydrogens is 246 g/mol. The van der Waals surface area contributed by atoms with E-state index in [9.17, 15) is 8.42 Å². The molecule has 1 heterocycles. The third-order valence-electron chi connectivity index (χ3n) is 2.82. The first kappa shape index (κ1) is 11.9. The summed E-state index contributed by atoms with van der Waals surface area (Å²) < 4.78 is 26.0. The lowest BCUT2D eigenvalue weighted by Crippen LogP contribution is -2.34. The average Bonchev–Trinajstić information content (AvgIpc) is 2.60. The van der Waals surface area contributed by atoms with Crippen molar-refractivity contribution in [2.24, 2.45) is 0 Å². The summed E-state index contributed by atoms with van der Waals surface area (Å²) in [6, 6.07) is 8.47. The van der Waals surface area contributed by atoms with Gasteiger partial charge in [-0.05, 0) is 25.5 Å². The zero-order valence-electron chi connectivity index (χ0n) is 9.01. The van der Waals surface area contributed by atoms with Crippen molar-refractivity contribution in [3.8, 4) is 0 Å². The molecule has 1 saturated heterocycles. The highest BCUT2D eigenvalue weighted by Gasteiger charge is 2.36. The van der Waals surface area contributed by atoms with E-state index in [0.717, 1.165) is 0 Å². The summed E-state index contributed by atoms with van der Waals surface area (Å²) in [4.78, 5) is 0.340. The molecule has 2 rings (SSSR count). The lowest BCUT2D eigenvalue weighted by molar-refractivity contribution is 0.408. The van der Waals surface area contributed by atoms with Gasteiger partial charge < -0.3 is 0 Å². The molecule has 0 aromatic heterocycles. The number of hydrogen-bond donors (Lipinski definition) is 0. The van der Waals surface area contributed by atoms with Crippen molar-refractivity contribution in [1.29, 1.82) is 0 Å². The zero-order valence-corrected chi connectivity index (χ0v) is 10.6. The van der Waals surface area contributed by atoms with Crippen molar-refractivity contribution in [2.45, 2.75) is 29.7 Å². The molecule has 5 heteroatoms. The molecule has 1 aromatic carbocycles. The van der Waals surface area contributed by atoms with Crippen LogP contribution in [0.5, 0.6) is 0 Å². The highest BCUT2D eigenvalue weighted by molar-refractivity contribution is 7.89. The van der Waals surface area contributed by atoms with Gasteiger partial charge >= 0.3 is 0 Å². The molecule has 0 bridgehead atoms. The molecule has 16 heavy (non-hydrogen) atoms. The number of nitrogens with zero attached hydrogens (tertiary/aromatic N) is 1. The Hall–Kier alpha value is -0.580. The Balaban J connectivity index is 2.34. The molecule has 3 nitrogen and oxygen atoms in total. The minimum absolute atomic E-state index is 0.0206. The Morgan fingerprint density at radius 3 is 2.44 bits per heavy atom. The van der Waals surface area contributed by atoms with Gasteiger partial charge in [0.05, 0.1) is 4.90 Å². The lowest BCUT2D eigenvalue weighted by atomic mass is 10.2. The van der Waals surface area contributed by atoms with Crippen molar-refractivity contribution in [2.75, 3.05) is 6.54 Å². The van der Waals surface area contributed by atoms with Gasteiger partial charge in [0.15, 0.2) is 0 Å². The molecule has 2 atom stereocenters. The first-order chi connectivity index (χ1) is 7.51. The van der Waals surface area contributed by atoms with E-state index in [-0.39, 0.29) is 11.4 Å². The molecule has 1 aliphatic heterocycles. The number of benzene rings is 1. The average molecular weight is 260 g/mol. The Bertz CT molecular complexity index is 460. The van der Waals surface area contributed by atoms with Crippen LogP contribution in [0, 0.1) is 0 Å². The summed E-state index contributed by atoms with van der Waals surface area (Å²) >= 11 is 5.99. The number of halogens is 1. The van der Waals surface area contributed by atoms with Crippen LogP contribution in [0.25, 0.3) is 0 Å². The summed E-state index contributed by atoms with van der Waals surface area (Å²) in [6.45, 7) is 2.29. The summed E-state index contributed by atoms with van der Waals surface area (Å²) in [5.74, 6) is 0. The van der Waals surface area contributed by atoms with E-state index in [4.69, 9.17) is 11.6 Å². The fourth-order valence-electron chi connectivity index (χ4n) is 2.00. The number of hydrogen-bond acceptors (Lipinski definition) is 2. The smallest absolute Gasteiger partial charge is 0.207 e. The Labute approximate surface area is 101 Å². The second kappa shape index (κ2) is 4.35. The molecule has 2 unspecified atom stereocenters. The first-order valence-electron chi connectivity index (χ1n) is 5.23. The van der Waals surface area contributed by atoms with Crippen LogP contribution in [0.15, 0.2) is 35.2 Å². The van der Waals surface area contributed by atoms with Crippen LogP contribution in [0.3, 0.4) is 0 Å². The van der Waals surface area contributed by atoms with Gasteiger partial charge in [0.2, 0.25) is 10.0 Å². The van der Waals surface area contributed by atoms with Crippen LogP contribution in [-0.2, 0) is 10.0 Å². The lowest BCUT2D eigenvalue weighted by Gasteiger charge is -2.20. The van der Waals surface area contributed by atoms with E-state index >= 15 is 0 Å². The van der Waals surface area contributed by atoms with Gasteiger partial charge in [-0.2, -0.15) is 4.31 Å².